The Morgan fingerprint density at radius 3 is 2.62 bits per heavy atom. The predicted octanol–water partition coefficient (Wildman–Crippen LogP) is 4.00. The van der Waals surface area contributed by atoms with Crippen molar-refractivity contribution in [2.75, 3.05) is 6.54 Å². The van der Waals surface area contributed by atoms with Crippen LogP contribution < -0.4 is 5.32 Å². The van der Waals surface area contributed by atoms with Crippen LogP contribution in [-0.4, -0.2) is 23.2 Å². The summed E-state index contributed by atoms with van der Waals surface area (Å²) in [6, 6.07) is 12.5. The Balaban J connectivity index is 1.69. The van der Waals surface area contributed by atoms with Gasteiger partial charge in [-0.1, -0.05) is 29.8 Å². The Morgan fingerprint density at radius 1 is 1.12 bits per heavy atom. The molecule has 1 amide bonds. The molecule has 24 heavy (non-hydrogen) atoms. The Hall–Kier alpha value is -2.59. The molecule has 1 heterocycles. The molecule has 2 N–H and O–H groups in total. The third-order valence-corrected chi connectivity index (χ3v) is 4.20. The average Bonchev–Trinajstić information content (AvgIpc) is 2.97. The van der Waals surface area contributed by atoms with Crippen molar-refractivity contribution in [2.24, 2.45) is 0 Å². The number of benzene rings is 2. The van der Waals surface area contributed by atoms with E-state index in [4.69, 9.17) is 11.6 Å². The first-order chi connectivity index (χ1) is 11.6. The molecule has 3 rings (SSSR count). The van der Waals surface area contributed by atoms with Crippen LogP contribution in [0, 0.1) is 0 Å². The molecule has 0 radical (unpaired) electrons. The van der Waals surface area contributed by atoms with E-state index in [0.717, 1.165) is 16.5 Å². The van der Waals surface area contributed by atoms with Crippen LogP contribution in [0.3, 0.4) is 0 Å². The summed E-state index contributed by atoms with van der Waals surface area (Å²) in [6.07, 6.45) is 2.60. The molecule has 3 aromatic rings. The van der Waals surface area contributed by atoms with Crippen LogP contribution in [0.4, 0.5) is 0 Å². The van der Waals surface area contributed by atoms with Crippen molar-refractivity contribution in [3.63, 3.8) is 0 Å². The summed E-state index contributed by atoms with van der Waals surface area (Å²) in [5.41, 5.74) is 2.95. The maximum Gasteiger partial charge on any atom is 0.252 e. The minimum Gasteiger partial charge on any atom is -0.361 e. The zero-order valence-corrected chi connectivity index (χ0v) is 14.0. The first-order valence-electron chi connectivity index (χ1n) is 7.70. The highest BCUT2D eigenvalue weighted by Gasteiger charge is 2.13. The van der Waals surface area contributed by atoms with Crippen LogP contribution in [0.5, 0.6) is 0 Å². The number of hydrogen-bond acceptors (Lipinski definition) is 2. The number of H-pyrrole nitrogens is 1. The summed E-state index contributed by atoms with van der Waals surface area (Å²) in [5.74, 6) is -0.356. The number of hydrogen-bond donors (Lipinski definition) is 2. The Bertz CT molecular complexity index is 915. The summed E-state index contributed by atoms with van der Waals surface area (Å²) in [4.78, 5) is 27.1. The van der Waals surface area contributed by atoms with Crippen LogP contribution in [-0.2, 0) is 6.42 Å². The number of amides is 1. The molecular formula is C19H17ClN2O2. The maximum atomic E-state index is 12.3. The second-order valence-corrected chi connectivity index (χ2v) is 6.05. The van der Waals surface area contributed by atoms with Crippen molar-refractivity contribution in [3.05, 3.63) is 70.4 Å². The van der Waals surface area contributed by atoms with E-state index >= 15 is 0 Å². The molecule has 0 aliphatic heterocycles. The van der Waals surface area contributed by atoms with Crippen LogP contribution in [0.2, 0.25) is 5.02 Å². The van der Waals surface area contributed by atoms with Crippen molar-refractivity contribution < 1.29 is 9.59 Å². The summed E-state index contributed by atoms with van der Waals surface area (Å²) < 4.78 is 0. The van der Waals surface area contributed by atoms with Gasteiger partial charge < -0.3 is 10.3 Å². The molecule has 5 heteroatoms. The number of fused-ring (bicyclic) bond motifs is 1. The van der Waals surface area contributed by atoms with Gasteiger partial charge in [0.1, 0.15) is 0 Å². The first-order valence-corrected chi connectivity index (χ1v) is 8.08. The molecule has 0 bridgehead atoms. The number of ketones is 1. The topological polar surface area (TPSA) is 62.0 Å². The van der Waals surface area contributed by atoms with Crippen LogP contribution in [0.25, 0.3) is 10.9 Å². The number of halogens is 1. The van der Waals surface area contributed by atoms with Gasteiger partial charge in [-0.2, -0.15) is 0 Å². The fourth-order valence-electron chi connectivity index (χ4n) is 2.75. The van der Waals surface area contributed by atoms with Crippen LogP contribution in [0.1, 0.15) is 33.2 Å². The minimum atomic E-state index is -0.237. The minimum absolute atomic E-state index is 0.118. The fraction of sp³-hybridized carbons (Fsp3) is 0.158. The Labute approximate surface area is 144 Å². The van der Waals surface area contributed by atoms with E-state index in [0.29, 0.717) is 29.1 Å². The van der Waals surface area contributed by atoms with Crippen LogP contribution in [0.15, 0.2) is 48.7 Å². The van der Waals surface area contributed by atoms with E-state index in [1.54, 1.807) is 24.3 Å². The lowest BCUT2D eigenvalue weighted by atomic mass is 10.0. The molecule has 0 unspecified atom stereocenters. The number of nitrogens with one attached hydrogen (secondary N) is 2. The third kappa shape index (κ3) is 3.34. The Kier molecular flexibility index (Phi) is 4.67. The van der Waals surface area contributed by atoms with Crippen molar-refractivity contribution in [3.8, 4) is 0 Å². The number of aromatic nitrogens is 1. The van der Waals surface area contributed by atoms with Gasteiger partial charge in [0.2, 0.25) is 0 Å². The average molecular weight is 341 g/mol. The molecule has 0 aliphatic carbocycles. The second kappa shape index (κ2) is 6.89. The zero-order chi connectivity index (χ0) is 17.1. The molecule has 122 valence electrons. The van der Waals surface area contributed by atoms with Gasteiger partial charge in [-0.25, -0.2) is 0 Å². The quantitative estimate of drug-likeness (QED) is 0.690. The molecule has 4 nitrogen and oxygen atoms in total. The van der Waals surface area contributed by atoms with E-state index in [9.17, 15) is 9.59 Å². The molecule has 0 saturated heterocycles. The van der Waals surface area contributed by atoms with Gasteiger partial charge in [-0.05, 0) is 43.2 Å². The van der Waals surface area contributed by atoms with Gasteiger partial charge in [0.25, 0.3) is 5.91 Å². The highest BCUT2D eigenvalue weighted by Crippen LogP contribution is 2.22. The summed E-state index contributed by atoms with van der Waals surface area (Å²) in [5, 5.41) is 4.61. The highest BCUT2D eigenvalue weighted by molar-refractivity contribution is 6.31. The molecule has 0 atom stereocenters. The van der Waals surface area contributed by atoms with Gasteiger partial charge in [-0.15, -0.1) is 0 Å². The second-order valence-electron chi connectivity index (χ2n) is 5.61. The lowest BCUT2D eigenvalue weighted by molar-refractivity contribution is 0.0939. The largest absolute Gasteiger partial charge is 0.361 e. The molecular weight excluding hydrogens is 324 g/mol. The van der Waals surface area contributed by atoms with Crippen molar-refractivity contribution in [1.29, 1.82) is 0 Å². The van der Waals surface area contributed by atoms with Gasteiger partial charge >= 0.3 is 0 Å². The number of rotatable bonds is 5. The summed E-state index contributed by atoms with van der Waals surface area (Å²) in [7, 11) is 0. The molecule has 0 fully saturated rings. The van der Waals surface area contributed by atoms with Crippen molar-refractivity contribution in [2.45, 2.75) is 13.3 Å². The number of aromatic amines is 1. The lowest BCUT2D eigenvalue weighted by Gasteiger charge is -2.08. The van der Waals surface area contributed by atoms with E-state index in [1.807, 2.05) is 24.4 Å². The van der Waals surface area contributed by atoms with E-state index < -0.39 is 0 Å². The standard InChI is InChI=1S/C19H17ClN2O2/c1-12(23)15-4-2-3-5-16(15)19(24)21-9-8-13-11-22-18-7-6-14(20)10-17(13)18/h2-7,10-11,22H,8-9H2,1H3,(H,21,24). The number of carbonyl (C=O) groups excluding carboxylic acids is 2. The first kappa shape index (κ1) is 16.3. The molecule has 0 aliphatic rings. The van der Waals surface area contributed by atoms with E-state index in [1.165, 1.54) is 6.92 Å². The third-order valence-electron chi connectivity index (χ3n) is 3.96. The highest BCUT2D eigenvalue weighted by atomic mass is 35.5. The smallest absolute Gasteiger partial charge is 0.252 e. The number of carbonyl (C=O) groups is 2. The molecule has 0 spiro atoms. The molecule has 1 aromatic heterocycles. The Morgan fingerprint density at radius 2 is 1.88 bits per heavy atom. The predicted molar refractivity (Wildman–Crippen MR) is 95.8 cm³/mol. The van der Waals surface area contributed by atoms with Crippen molar-refractivity contribution >= 4 is 34.2 Å². The maximum absolute atomic E-state index is 12.3. The molecule has 0 saturated carbocycles. The summed E-state index contributed by atoms with van der Waals surface area (Å²) in [6.45, 7) is 1.94. The van der Waals surface area contributed by atoms with Gasteiger partial charge in [0.05, 0.1) is 5.56 Å². The lowest BCUT2D eigenvalue weighted by Crippen LogP contribution is -2.27. The molecule has 2 aromatic carbocycles. The van der Waals surface area contributed by atoms with Gasteiger partial charge in [-0.3, -0.25) is 9.59 Å². The monoisotopic (exact) mass is 340 g/mol. The zero-order valence-electron chi connectivity index (χ0n) is 13.2. The fourth-order valence-corrected chi connectivity index (χ4v) is 2.92. The van der Waals surface area contributed by atoms with Crippen LogP contribution >= 0.6 is 11.6 Å². The normalized spacial score (nSPS) is 10.8. The SMILES string of the molecule is CC(=O)c1ccccc1C(=O)NCCc1c[nH]c2ccc(Cl)cc12. The summed E-state index contributed by atoms with van der Waals surface area (Å²) >= 11 is 6.04. The number of Topliss-reactive ketones (excluding diaryl/α,β-unsaturated/α-hetero) is 1. The van der Waals surface area contributed by atoms with Gasteiger partial charge in [0, 0.05) is 34.2 Å². The van der Waals surface area contributed by atoms with Crippen molar-refractivity contribution in [1.82, 2.24) is 10.3 Å². The van der Waals surface area contributed by atoms with E-state index in [2.05, 4.69) is 10.3 Å². The van der Waals surface area contributed by atoms with E-state index in [-0.39, 0.29) is 11.7 Å². The van der Waals surface area contributed by atoms with Gasteiger partial charge in [0.15, 0.2) is 5.78 Å².